The van der Waals surface area contributed by atoms with Gasteiger partial charge in [0.1, 0.15) is 5.75 Å². The number of aromatic hydroxyl groups is 1. The van der Waals surface area contributed by atoms with Gasteiger partial charge in [0.15, 0.2) is 11.7 Å². The number of rotatable bonds is 7. The van der Waals surface area contributed by atoms with Crippen LogP contribution in [0.4, 0.5) is 10.1 Å². The number of benzene rings is 2. The number of hydrogen-bond donors (Lipinski definition) is 3. The molecule has 9 nitrogen and oxygen atoms in total. The van der Waals surface area contributed by atoms with Crippen molar-refractivity contribution in [3.63, 3.8) is 0 Å². The molecule has 2 aromatic carbocycles. The average Bonchev–Trinajstić information content (AvgIpc) is 3.01. The predicted octanol–water partition coefficient (Wildman–Crippen LogP) is 3.30. The maximum absolute atomic E-state index is 15.0. The van der Waals surface area contributed by atoms with Gasteiger partial charge in [-0.05, 0) is 37.3 Å². The maximum Gasteiger partial charge on any atom is 0.321 e. The molecule has 0 atom stereocenters. The highest BCUT2D eigenvalue weighted by molar-refractivity contribution is 7.90. The normalized spacial score (nSPS) is 11.6. The molecule has 0 amide bonds. The predicted molar refractivity (Wildman–Crippen MR) is 118 cm³/mol. The van der Waals surface area contributed by atoms with E-state index in [1.807, 2.05) is 0 Å². The summed E-state index contributed by atoms with van der Waals surface area (Å²) >= 11 is 0. The SMILES string of the molecule is CNS(=O)(=O)Nc1cccc(Cn2c(C)c3ccc(Oc4ncccn4)cc3c2O)c1F. The summed E-state index contributed by atoms with van der Waals surface area (Å²) in [6, 6.07) is 11.4. The zero-order valence-electron chi connectivity index (χ0n) is 17.2. The molecule has 0 fully saturated rings. The van der Waals surface area contributed by atoms with Gasteiger partial charge in [-0.3, -0.25) is 4.72 Å². The molecule has 166 valence electrons. The van der Waals surface area contributed by atoms with Gasteiger partial charge in [-0.15, -0.1) is 0 Å². The third-order valence-corrected chi connectivity index (χ3v) is 5.98. The molecular weight excluding hydrogens is 437 g/mol. The van der Waals surface area contributed by atoms with Crippen molar-refractivity contribution in [1.82, 2.24) is 19.3 Å². The Labute approximate surface area is 183 Å². The van der Waals surface area contributed by atoms with Crippen LogP contribution < -0.4 is 14.2 Å². The number of nitrogens with zero attached hydrogens (tertiary/aromatic N) is 3. The highest BCUT2D eigenvalue weighted by Gasteiger charge is 2.18. The standard InChI is InChI=1S/C21H20FN5O4S/c1-13-16-8-7-15(31-21-24-9-4-10-25-21)11-17(16)20(28)27(13)12-14-5-3-6-18(19(14)22)26-32(29,30)23-2/h3-11,23,26,28H,12H2,1-2H3. The van der Waals surface area contributed by atoms with Gasteiger partial charge >= 0.3 is 6.01 Å². The van der Waals surface area contributed by atoms with Gasteiger partial charge in [0.2, 0.25) is 0 Å². The first kappa shape index (κ1) is 21.5. The van der Waals surface area contributed by atoms with Gasteiger partial charge in [-0.1, -0.05) is 12.1 Å². The van der Waals surface area contributed by atoms with E-state index in [0.717, 1.165) is 5.39 Å². The second-order valence-corrected chi connectivity index (χ2v) is 8.54. The molecule has 0 aliphatic heterocycles. The van der Waals surface area contributed by atoms with E-state index in [9.17, 15) is 17.9 Å². The lowest BCUT2D eigenvalue weighted by Gasteiger charge is -2.13. The minimum absolute atomic E-state index is 0.00864. The topological polar surface area (TPSA) is 118 Å². The Morgan fingerprint density at radius 3 is 2.59 bits per heavy atom. The van der Waals surface area contributed by atoms with Crippen molar-refractivity contribution in [3.05, 3.63) is 71.9 Å². The van der Waals surface area contributed by atoms with Crippen molar-refractivity contribution in [2.24, 2.45) is 0 Å². The first-order valence-electron chi connectivity index (χ1n) is 9.54. The fraction of sp³-hybridized carbons (Fsp3) is 0.143. The summed E-state index contributed by atoms with van der Waals surface area (Å²) in [7, 11) is -2.65. The number of hydrogen-bond acceptors (Lipinski definition) is 6. The van der Waals surface area contributed by atoms with Crippen LogP contribution >= 0.6 is 0 Å². The zero-order valence-corrected chi connectivity index (χ0v) is 18.0. The van der Waals surface area contributed by atoms with Crippen molar-refractivity contribution in [2.75, 3.05) is 11.8 Å². The monoisotopic (exact) mass is 457 g/mol. The highest BCUT2D eigenvalue weighted by Crippen LogP contribution is 2.35. The molecule has 0 aliphatic rings. The summed E-state index contributed by atoms with van der Waals surface area (Å²) in [5, 5.41) is 12.1. The molecule has 0 bridgehead atoms. The van der Waals surface area contributed by atoms with Crippen LogP contribution in [0.15, 0.2) is 54.9 Å². The summed E-state index contributed by atoms with van der Waals surface area (Å²) in [5.41, 5.74) is 0.721. The Balaban J connectivity index is 1.68. The number of ether oxygens (including phenoxy) is 1. The largest absolute Gasteiger partial charge is 0.494 e. The van der Waals surface area contributed by atoms with Crippen molar-refractivity contribution < 1.29 is 22.7 Å². The number of fused-ring (bicyclic) bond motifs is 1. The number of aryl methyl sites for hydroxylation is 1. The van der Waals surface area contributed by atoms with Crippen LogP contribution in [-0.4, -0.2) is 35.1 Å². The second kappa shape index (κ2) is 8.44. The third-order valence-electron chi connectivity index (χ3n) is 4.95. The molecule has 11 heteroatoms. The maximum atomic E-state index is 15.0. The number of anilines is 1. The van der Waals surface area contributed by atoms with Crippen LogP contribution in [0.25, 0.3) is 10.8 Å². The van der Waals surface area contributed by atoms with E-state index in [4.69, 9.17) is 4.74 Å². The minimum atomic E-state index is -3.87. The van der Waals surface area contributed by atoms with Crippen LogP contribution in [0.5, 0.6) is 17.6 Å². The van der Waals surface area contributed by atoms with Crippen LogP contribution in [0.1, 0.15) is 11.3 Å². The summed E-state index contributed by atoms with van der Waals surface area (Å²) < 4.78 is 49.8. The van der Waals surface area contributed by atoms with E-state index in [-0.39, 0.29) is 29.7 Å². The first-order chi connectivity index (χ1) is 15.3. The fourth-order valence-electron chi connectivity index (χ4n) is 3.32. The van der Waals surface area contributed by atoms with Gasteiger partial charge in [-0.25, -0.2) is 19.1 Å². The quantitative estimate of drug-likeness (QED) is 0.392. The summed E-state index contributed by atoms with van der Waals surface area (Å²) in [6.07, 6.45) is 3.11. The van der Waals surface area contributed by atoms with E-state index >= 15 is 0 Å². The Kier molecular flexibility index (Phi) is 5.68. The molecule has 0 radical (unpaired) electrons. The average molecular weight is 457 g/mol. The zero-order chi connectivity index (χ0) is 22.9. The number of nitrogens with one attached hydrogen (secondary N) is 2. The lowest BCUT2D eigenvalue weighted by atomic mass is 10.1. The molecule has 4 aromatic rings. The molecule has 2 heterocycles. The summed E-state index contributed by atoms with van der Waals surface area (Å²) in [6.45, 7) is 1.79. The van der Waals surface area contributed by atoms with Gasteiger partial charge < -0.3 is 14.4 Å². The van der Waals surface area contributed by atoms with Crippen molar-refractivity contribution in [3.8, 4) is 17.6 Å². The molecule has 0 unspecified atom stereocenters. The molecule has 4 rings (SSSR count). The molecule has 0 saturated heterocycles. The second-order valence-electron chi connectivity index (χ2n) is 6.92. The van der Waals surface area contributed by atoms with E-state index < -0.39 is 16.0 Å². The van der Waals surface area contributed by atoms with Crippen molar-refractivity contribution in [1.29, 1.82) is 0 Å². The molecule has 0 spiro atoms. The van der Waals surface area contributed by atoms with E-state index in [1.54, 1.807) is 48.1 Å². The summed E-state index contributed by atoms with van der Waals surface area (Å²) in [5.74, 6) is -0.364. The molecule has 3 N–H and O–H groups in total. The van der Waals surface area contributed by atoms with Crippen LogP contribution in [0.3, 0.4) is 0 Å². The third kappa shape index (κ3) is 4.20. The van der Waals surface area contributed by atoms with E-state index in [0.29, 0.717) is 16.8 Å². The highest BCUT2D eigenvalue weighted by atomic mass is 32.2. The minimum Gasteiger partial charge on any atom is -0.494 e. The lowest BCUT2D eigenvalue weighted by molar-refractivity contribution is 0.424. The van der Waals surface area contributed by atoms with Crippen molar-refractivity contribution >= 4 is 26.7 Å². The fourth-order valence-corrected chi connectivity index (χ4v) is 3.87. The molecule has 32 heavy (non-hydrogen) atoms. The smallest absolute Gasteiger partial charge is 0.321 e. The molecule has 0 aliphatic carbocycles. The van der Waals surface area contributed by atoms with Gasteiger partial charge in [-0.2, -0.15) is 8.42 Å². The van der Waals surface area contributed by atoms with Gasteiger partial charge in [0.25, 0.3) is 10.2 Å². The number of aromatic nitrogens is 3. The lowest BCUT2D eigenvalue weighted by Crippen LogP contribution is -2.27. The summed E-state index contributed by atoms with van der Waals surface area (Å²) in [4.78, 5) is 8.02. The van der Waals surface area contributed by atoms with Gasteiger partial charge in [0, 0.05) is 41.5 Å². The molecule has 0 saturated carbocycles. The van der Waals surface area contributed by atoms with Crippen molar-refractivity contribution in [2.45, 2.75) is 13.5 Å². The molecular formula is C21H20FN5O4S. The Morgan fingerprint density at radius 2 is 1.88 bits per heavy atom. The van der Waals surface area contributed by atoms with E-state index in [2.05, 4.69) is 19.4 Å². The Bertz CT molecular complexity index is 1390. The van der Waals surface area contributed by atoms with E-state index in [1.165, 1.54) is 25.2 Å². The first-order valence-corrected chi connectivity index (χ1v) is 11.0. The number of halogens is 1. The molecule has 2 aromatic heterocycles. The van der Waals surface area contributed by atoms with Crippen LogP contribution in [0, 0.1) is 12.7 Å². The Morgan fingerprint density at radius 1 is 1.12 bits per heavy atom. The van der Waals surface area contributed by atoms with Gasteiger partial charge in [0.05, 0.1) is 12.2 Å². The van der Waals surface area contributed by atoms with Crippen LogP contribution in [-0.2, 0) is 16.8 Å². The Hall–Kier alpha value is -3.70. The van der Waals surface area contributed by atoms with Crippen LogP contribution in [0.2, 0.25) is 0 Å².